The number of nitrogens with zero attached hydrogens (tertiary/aromatic N) is 1. The van der Waals surface area contributed by atoms with E-state index in [9.17, 15) is 0 Å². The molecule has 0 amide bonds. The summed E-state index contributed by atoms with van der Waals surface area (Å²) in [4.78, 5) is 0. The van der Waals surface area contributed by atoms with Crippen LogP contribution in [-0.2, 0) is 0 Å². The summed E-state index contributed by atoms with van der Waals surface area (Å²) < 4.78 is 0. The smallest absolute Gasteiger partial charge is 0.0544 e. The zero-order chi connectivity index (χ0) is 11.8. The molecule has 0 saturated carbocycles. The Morgan fingerprint density at radius 1 is 0.765 bits per heavy atom. The van der Waals surface area contributed by atoms with Crippen LogP contribution in [0, 0.1) is 0 Å². The van der Waals surface area contributed by atoms with Gasteiger partial charge in [-0.2, -0.15) is 5.10 Å². The Morgan fingerprint density at radius 2 is 1.35 bits per heavy atom. The number of hydrazone groups is 1. The van der Waals surface area contributed by atoms with Crippen LogP contribution in [-0.4, -0.2) is 6.21 Å². The van der Waals surface area contributed by atoms with Crippen LogP contribution < -0.4 is 5.43 Å². The summed E-state index contributed by atoms with van der Waals surface area (Å²) in [6.45, 7) is 0. The van der Waals surface area contributed by atoms with Crippen molar-refractivity contribution in [3.05, 3.63) is 78.0 Å². The van der Waals surface area contributed by atoms with E-state index in [1.165, 1.54) is 0 Å². The van der Waals surface area contributed by atoms with E-state index in [4.69, 9.17) is 0 Å². The van der Waals surface area contributed by atoms with E-state index in [1.54, 1.807) is 6.21 Å². The van der Waals surface area contributed by atoms with Gasteiger partial charge in [-0.15, -0.1) is 0 Å². The van der Waals surface area contributed by atoms with Crippen molar-refractivity contribution in [2.45, 2.75) is 0 Å². The van der Waals surface area contributed by atoms with Gasteiger partial charge < -0.3 is 0 Å². The molecule has 0 saturated heterocycles. The zero-order valence-electron chi connectivity index (χ0n) is 9.45. The van der Waals surface area contributed by atoms with Gasteiger partial charge in [0.05, 0.1) is 6.21 Å². The van der Waals surface area contributed by atoms with Gasteiger partial charge in [0.25, 0.3) is 0 Å². The van der Waals surface area contributed by atoms with E-state index in [-0.39, 0.29) is 0 Å². The predicted octanol–water partition coefficient (Wildman–Crippen LogP) is 3.28. The normalized spacial score (nSPS) is 11.1. The summed E-state index contributed by atoms with van der Waals surface area (Å²) in [6, 6.07) is 20.1. The minimum Gasteiger partial charge on any atom is -0.286 e. The maximum absolute atomic E-state index is 4.09. The first kappa shape index (κ1) is 11.1. The molecule has 0 unspecified atom stereocenters. The Hall–Kier alpha value is -2.35. The highest BCUT2D eigenvalue weighted by atomic mass is 15.3. The van der Waals surface area contributed by atoms with Gasteiger partial charge >= 0.3 is 0 Å². The lowest BCUT2D eigenvalue weighted by Gasteiger charge is -1.93. The van der Waals surface area contributed by atoms with E-state index in [1.807, 2.05) is 72.9 Å². The van der Waals surface area contributed by atoms with Gasteiger partial charge in [0.2, 0.25) is 0 Å². The third-order valence-corrected chi connectivity index (χ3v) is 2.24. The second kappa shape index (κ2) is 6.28. The molecule has 17 heavy (non-hydrogen) atoms. The lowest BCUT2D eigenvalue weighted by molar-refractivity contribution is 0.981. The molecule has 2 nitrogen and oxygen atoms in total. The Kier molecular flexibility index (Phi) is 4.12. The third kappa shape index (κ3) is 3.95. The lowest BCUT2D eigenvalue weighted by Crippen LogP contribution is -1.93. The third-order valence-electron chi connectivity index (χ3n) is 2.24. The fourth-order valence-electron chi connectivity index (χ4n) is 1.39. The van der Waals surface area contributed by atoms with Gasteiger partial charge in [0, 0.05) is 6.20 Å². The second-order valence-corrected chi connectivity index (χ2v) is 3.54. The van der Waals surface area contributed by atoms with Crippen LogP contribution in [0.1, 0.15) is 11.1 Å². The maximum atomic E-state index is 4.09. The van der Waals surface area contributed by atoms with Crippen LogP contribution >= 0.6 is 0 Å². The number of hydrogen-bond acceptors (Lipinski definition) is 2. The molecular weight excluding hydrogens is 208 g/mol. The SMILES string of the molecule is C(=Cc1ccccc1)NN=Cc1ccccc1. The van der Waals surface area contributed by atoms with Crippen molar-refractivity contribution < 1.29 is 0 Å². The highest BCUT2D eigenvalue weighted by Crippen LogP contribution is 1.99. The van der Waals surface area contributed by atoms with Gasteiger partial charge in [-0.1, -0.05) is 60.7 Å². The molecule has 0 fully saturated rings. The standard InChI is InChI=1S/C15H14N2/c1-3-7-14(8-4-1)11-12-16-17-13-15-9-5-2-6-10-15/h1-13,16H. The quantitative estimate of drug-likeness (QED) is 0.623. The molecule has 0 bridgehead atoms. The average molecular weight is 222 g/mol. The predicted molar refractivity (Wildman–Crippen MR) is 72.6 cm³/mol. The molecule has 2 aromatic rings. The molecule has 0 heterocycles. The summed E-state index contributed by atoms with van der Waals surface area (Å²) in [5.41, 5.74) is 5.10. The number of benzene rings is 2. The van der Waals surface area contributed by atoms with Crippen molar-refractivity contribution in [1.82, 2.24) is 5.43 Å². The molecule has 1 N–H and O–H groups in total. The van der Waals surface area contributed by atoms with Crippen LogP contribution in [0.4, 0.5) is 0 Å². The monoisotopic (exact) mass is 222 g/mol. The molecule has 84 valence electrons. The molecule has 0 aliphatic rings. The zero-order valence-corrected chi connectivity index (χ0v) is 9.45. The highest BCUT2D eigenvalue weighted by Gasteiger charge is 1.82. The van der Waals surface area contributed by atoms with Crippen LogP contribution in [0.15, 0.2) is 72.0 Å². The average Bonchev–Trinajstić information content (AvgIpc) is 2.41. The molecule has 0 radical (unpaired) electrons. The molecule has 0 aliphatic heterocycles. The molecule has 2 heteroatoms. The highest BCUT2D eigenvalue weighted by molar-refractivity contribution is 5.79. The number of rotatable bonds is 4. The van der Waals surface area contributed by atoms with Crippen LogP contribution in [0.25, 0.3) is 6.08 Å². The van der Waals surface area contributed by atoms with Crippen LogP contribution in [0.3, 0.4) is 0 Å². The first-order chi connectivity index (χ1) is 8.45. The molecule has 0 atom stereocenters. The fraction of sp³-hybridized carbons (Fsp3) is 0. The molecule has 2 aromatic carbocycles. The van der Waals surface area contributed by atoms with Crippen molar-refractivity contribution in [2.75, 3.05) is 0 Å². The summed E-state index contributed by atoms with van der Waals surface area (Å²) in [6.07, 6.45) is 5.58. The van der Waals surface area contributed by atoms with E-state index < -0.39 is 0 Å². The van der Waals surface area contributed by atoms with Crippen molar-refractivity contribution in [1.29, 1.82) is 0 Å². The molecule has 2 rings (SSSR count). The van der Waals surface area contributed by atoms with E-state index in [0.29, 0.717) is 0 Å². The lowest BCUT2D eigenvalue weighted by atomic mass is 10.2. The molecule has 0 spiro atoms. The van der Waals surface area contributed by atoms with E-state index in [2.05, 4.69) is 10.5 Å². The van der Waals surface area contributed by atoms with Crippen molar-refractivity contribution in [3.8, 4) is 0 Å². The van der Waals surface area contributed by atoms with Crippen LogP contribution in [0.5, 0.6) is 0 Å². The largest absolute Gasteiger partial charge is 0.286 e. The van der Waals surface area contributed by atoms with E-state index >= 15 is 0 Å². The van der Waals surface area contributed by atoms with E-state index in [0.717, 1.165) is 11.1 Å². The molecular formula is C15H14N2. The van der Waals surface area contributed by atoms with Gasteiger partial charge in [-0.3, -0.25) is 5.43 Å². The van der Waals surface area contributed by atoms with Gasteiger partial charge in [-0.25, -0.2) is 0 Å². The Bertz CT molecular complexity index is 439. The summed E-state index contributed by atoms with van der Waals surface area (Å²) in [5, 5.41) is 4.09. The second-order valence-electron chi connectivity index (χ2n) is 3.54. The summed E-state index contributed by atoms with van der Waals surface area (Å²) in [5.74, 6) is 0. The maximum Gasteiger partial charge on any atom is 0.0544 e. The molecule has 0 aliphatic carbocycles. The minimum absolute atomic E-state index is 1.08. The van der Waals surface area contributed by atoms with Gasteiger partial charge in [0.15, 0.2) is 0 Å². The van der Waals surface area contributed by atoms with Crippen molar-refractivity contribution >= 4 is 12.3 Å². The summed E-state index contributed by atoms with van der Waals surface area (Å²) >= 11 is 0. The molecule has 0 aromatic heterocycles. The Balaban J connectivity index is 1.84. The Labute approximate surface area is 101 Å². The van der Waals surface area contributed by atoms with Gasteiger partial charge in [-0.05, 0) is 17.2 Å². The number of nitrogens with one attached hydrogen (secondary N) is 1. The number of hydrogen-bond donors (Lipinski definition) is 1. The van der Waals surface area contributed by atoms with Crippen molar-refractivity contribution in [3.63, 3.8) is 0 Å². The van der Waals surface area contributed by atoms with Crippen LogP contribution in [0.2, 0.25) is 0 Å². The fourth-order valence-corrected chi connectivity index (χ4v) is 1.39. The topological polar surface area (TPSA) is 24.4 Å². The first-order valence-electron chi connectivity index (χ1n) is 5.50. The summed E-state index contributed by atoms with van der Waals surface area (Å²) in [7, 11) is 0. The van der Waals surface area contributed by atoms with Gasteiger partial charge in [0.1, 0.15) is 0 Å². The Morgan fingerprint density at radius 3 is 2.00 bits per heavy atom. The minimum atomic E-state index is 1.08. The first-order valence-corrected chi connectivity index (χ1v) is 5.50. The van der Waals surface area contributed by atoms with Crippen molar-refractivity contribution in [2.24, 2.45) is 5.10 Å².